The molecular formula is C35H48ClN3O2S. The van der Waals surface area contributed by atoms with Crippen LogP contribution in [0.2, 0.25) is 5.02 Å². The Labute approximate surface area is 259 Å². The van der Waals surface area contributed by atoms with Crippen molar-refractivity contribution in [3.63, 3.8) is 0 Å². The van der Waals surface area contributed by atoms with Gasteiger partial charge in [0, 0.05) is 40.3 Å². The molecule has 2 aromatic carbocycles. The van der Waals surface area contributed by atoms with Crippen LogP contribution < -0.4 is 4.74 Å². The number of hydrogen-bond donors (Lipinski definition) is 0. The van der Waals surface area contributed by atoms with Gasteiger partial charge >= 0.3 is 0 Å². The minimum atomic E-state index is -2.45. The third kappa shape index (κ3) is 7.56. The molecule has 0 N–H and O–H groups in total. The highest BCUT2D eigenvalue weighted by molar-refractivity contribution is 8.00. The Hall–Kier alpha value is -2.41. The molecule has 0 aliphatic carbocycles. The third-order valence-electron chi connectivity index (χ3n) is 8.37. The monoisotopic (exact) mass is 609 g/mol. The highest BCUT2D eigenvalue weighted by atomic mass is 35.5. The second-order valence-corrected chi connectivity index (χ2v) is 16.5. The number of rotatable bonds is 9. The summed E-state index contributed by atoms with van der Waals surface area (Å²) >= 11 is 6.61. The summed E-state index contributed by atoms with van der Waals surface area (Å²) in [7, 11) is -2.45. The molecule has 0 amide bonds. The quantitative estimate of drug-likeness (QED) is 0.231. The van der Waals surface area contributed by atoms with Gasteiger partial charge in [0.15, 0.2) is 0 Å². The first kappa shape index (κ1) is 32.5. The maximum Gasteiger partial charge on any atom is 0.133 e. The van der Waals surface area contributed by atoms with E-state index < -0.39 is 9.52 Å². The largest absolute Gasteiger partial charge is 0.491 e. The van der Waals surface area contributed by atoms with Gasteiger partial charge in [-0.25, -0.2) is 9.97 Å². The van der Waals surface area contributed by atoms with Crippen LogP contribution in [-0.2, 0) is 22.4 Å². The molecule has 1 unspecified atom stereocenters. The first-order valence-corrected chi connectivity index (χ1v) is 17.3. The van der Waals surface area contributed by atoms with Crippen molar-refractivity contribution in [3.05, 3.63) is 81.4 Å². The molecule has 1 aliphatic rings. The number of aryl methyl sites for hydroxylation is 1. The smallest absolute Gasteiger partial charge is 0.133 e. The molecule has 3 aromatic rings. The van der Waals surface area contributed by atoms with Crippen LogP contribution >= 0.6 is 11.6 Å². The van der Waals surface area contributed by atoms with Crippen LogP contribution in [0.5, 0.6) is 5.75 Å². The second-order valence-electron chi connectivity index (χ2n) is 13.2. The van der Waals surface area contributed by atoms with Crippen LogP contribution in [0, 0.1) is 6.92 Å². The SMILES string of the molecule is C=S(=O)(c1ccccc1Cc1nc(Cc2cc(C)c(C3CCN(C(C)(C)C)CC3)cc2OC(C)C)ncc1Cl)C(C)C. The van der Waals surface area contributed by atoms with Crippen molar-refractivity contribution >= 4 is 27.0 Å². The van der Waals surface area contributed by atoms with E-state index in [1.807, 2.05) is 38.1 Å². The fraction of sp³-hybridized carbons (Fsp3) is 0.514. The molecule has 0 bridgehead atoms. The molecule has 42 heavy (non-hydrogen) atoms. The van der Waals surface area contributed by atoms with E-state index >= 15 is 0 Å². The summed E-state index contributed by atoms with van der Waals surface area (Å²) in [6.07, 6.45) is 5.04. The number of aromatic nitrogens is 2. The van der Waals surface area contributed by atoms with E-state index in [-0.39, 0.29) is 16.9 Å². The van der Waals surface area contributed by atoms with Gasteiger partial charge in [-0.2, -0.15) is 0 Å². The van der Waals surface area contributed by atoms with Crippen LogP contribution in [0.15, 0.2) is 47.5 Å². The van der Waals surface area contributed by atoms with Crippen LogP contribution in [0.1, 0.15) is 101 Å². The normalized spacial score (nSPS) is 16.6. The average Bonchev–Trinajstić information content (AvgIpc) is 2.91. The van der Waals surface area contributed by atoms with Crippen molar-refractivity contribution in [2.45, 2.75) is 109 Å². The Bertz CT molecular complexity index is 1500. The summed E-state index contributed by atoms with van der Waals surface area (Å²) in [6.45, 7) is 19.4. The number of halogens is 1. The van der Waals surface area contributed by atoms with Crippen molar-refractivity contribution in [2.75, 3.05) is 13.1 Å². The van der Waals surface area contributed by atoms with Gasteiger partial charge in [0.25, 0.3) is 0 Å². The topological polar surface area (TPSA) is 55.3 Å². The molecule has 1 aromatic heterocycles. The van der Waals surface area contributed by atoms with E-state index in [0.717, 1.165) is 53.4 Å². The molecule has 0 spiro atoms. The maximum absolute atomic E-state index is 13.5. The van der Waals surface area contributed by atoms with E-state index in [2.05, 4.69) is 69.4 Å². The zero-order valence-corrected chi connectivity index (χ0v) is 28.2. The molecule has 1 atom stereocenters. The Morgan fingerprint density at radius 1 is 1.07 bits per heavy atom. The summed E-state index contributed by atoms with van der Waals surface area (Å²) in [5, 5.41) is 0.423. The van der Waals surface area contributed by atoms with E-state index in [1.165, 1.54) is 11.1 Å². The van der Waals surface area contributed by atoms with Gasteiger partial charge in [0.05, 0.1) is 16.8 Å². The fourth-order valence-electron chi connectivity index (χ4n) is 5.81. The lowest BCUT2D eigenvalue weighted by molar-refractivity contribution is 0.102. The number of nitrogens with zero attached hydrogens (tertiary/aromatic N) is 3. The molecule has 0 saturated carbocycles. The first-order valence-electron chi connectivity index (χ1n) is 15.2. The van der Waals surface area contributed by atoms with Crippen molar-refractivity contribution in [3.8, 4) is 5.75 Å². The maximum atomic E-state index is 13.5. The van der Waals surface area contributed by atoms with Crippen LogP contribution in [-0.4, -0.2) is 54.9 Å². The van der Waals surface area contributed by atoms with Gasteiger partial charge in [-0.3, -0.25) is 9.11 Å². The predicted molar refractivity (Wildman–Crippen MR) is 178 cm³/mol. The number of piperidine rings is 1. The molecule has 2 heterocycles. The van der Waals surface area contributed by atoms with Crippen LogP contribution in [0.4, 0.5) is 0 Å². The van der Waals surface area contributed by atoms with E-state index in [9.17, 15) is 4.21 Å². The van der Waals surface area contributed by atoms with E-state index in [0.29, 0.717) is 29.6 Å². The minimum absolute atomic E-state index is 0.0544. The second kappa shape index (κ2) is 13.1. The number of benzene rings is 2. The van der Waals surface area contributed by atoms with Crippen LogP contribution in [0.25, 0.3) is 0 Å². The van der Waals surface area contributed by atoms with Crippen LogP contribution in [0.3, 0.4) is 0 Å². The molecule has 1 fully saturated rings. The number of hydrogen-bond acceptors (Lipinski definition) is 5. The Morgan fingerprint density at radius 3 is 2.36 bits per heavy atom. The highest BCUT2D eigenvalue weighted by Gasteiger charge is 2.29. The van der Waals surface area contributed by atoms with Crippen molar-refractivity contribution in [1.29, 1.82) is 0 Å². The lowest BCUT2D eigenvalue weighted by atomic mass is 9.84. The third-order valence-corrected chi connectivity index (χ3v) is 11.4. The van der Waals surface area contributed by atoms with E-state index in [1.54, 1.807) is 6.20 Å². The van der Waals surface area contributed by atoms with Gasteiger partial charge in [0.1, 0.15) is 11.6 Å². The lowest BCUT2D eigenvalue weighted by Crippen LogP contribution is -2.45. The summed E-state index contributed by atoms with van der Waals surface area (Å²) in [4.78, 5) is 12.9. The molecule has 228 valence electrons. The van der Waals surface area contributed by atoms with Gasteiger partial charge in [-0.1, -0.05) is 49.7 Å². The van der Waals surface area contributed by atoms with Gasteiger partial charge in [-0.05, 0) is 118 Å². The predicted octanol–water partition coefficient (Wildman–Crippen LogP) is 7.87. The summed E-state index contributed by atoms with van der Waals surface area (Å²) in [6, 6.07) is 12.3. The fourth-order valence-corrected chi connectivity index (χ4v) is 7.37. The molecule has 5 nitrogen and oxygen atoms in total. The molecule has 4 rings (SSSR count). The Morgan fingerprint density at radius 2 is 1.74 bits per heavy atom. The molecule has 1 saturated heterocycles. The van der Waals surface area contributed by atoms with Crippen molar-refractivity contribution in [2.24, 2.45) is 0 Å². The average molecular weight is 610 g/mol. The number of ether oxygens (including phenoxy) is 1. The Kier molecular flexibility index (Phi) is 10.1. The van der Waals surface area contributed by atoms with Gasteiger partial charge in [0.2, 0.25) is 0 Å². The van der Waals surface area contributed by atoms with Gasteiger partial charge in [-0.15, -0.1) is 0 Å². The summed E-state index contributed by atoms with van der Waals surface area (Å²) in [5.74, 6) is 6.20. The molecule has 1 aliphatic heterocycles. The summed E-state index contributed by atoms with van der Waals surface area (Å²) in [5.41, 5.74) is 5.61. The molecular weight excluding hydrogens is 562 g/mol. The van der Waals surface area contributed by atoms with Crippen molar-refractivity contribution < 1.29 is 8.95 Å². The number of likely N-dealkylation sites (tertiary alicyclic amines) is 1. The highest BCUT2D eigenvalue weighted by Crippen LogP contribution is 2.37. The van der Waals surface area contributed by atoms with E-state index in [4.69, 9.17) is 21.3 Å². The van der Waals surface area contributed by atoms with Gasteiger partial charge < -0.3 is 4.74 Å². The Balaban J connectivity index is 1.62. The standard InChI is InChI=1S/C35H48ClN3O2S/c1-23(2)41-32-21-29(26-14-16-39(17-15-26)35(6,7)8)25(5)18-28(32)20-34-37-22-30(36)31(38-34)19-27-12-10-11-13-33(27)42(9,40)24(3)4/h10-13,18,21-24,26H,9,14-17,19-20H2,1-8H3. The lowest BCUT2D eigenvalue weighted by Gasteiger charge is -2.41. The molecule has 7 heteroatoms. The summed E-state index contributed by atoms with van der Waals surface area (Å²) < 4.78 is 19.8. The zero-order chi connectivity index (χ0) is 30.8. The molecule has 0 radical (unpaired) electrons. The van der Waals surface area contributed by atoms with Crippen molar-refractivity contribution in [1.82, 2.24) is 14.9 Å². The zero-order valence-electron chi connectivity index (χ0n) is 26.7. The minimum Gasteiger partial charge on any atom is -0.491 e. The first-order chi connectivity index (χ1) is 19.7.